The molecule has 0 spiro atoms. The molecule has 0 atom stereocenters. The van der Waals surface area contributed by atoms with Gasteiger partial charge in [-0.15, -0.1) is 0 Å². The molecular formula is C16H24N6O. The maximum atomic E-state index is 5.13. The Balaban J connectivity index is 1.50. The molecule has 1 aliphatic heterocycles. The third-order valence-electron chi connectivity index (χ3n) is 4.34. The van der Waals surface area contributed by atoms with Crippen LogP contribution in [0, 0.1) is 6.92 Å². The van der Waals surface area contributed by atoms with Crippen LogP contribution in [0.15, 0.2) is 18.5 Å². The van der Waals surface area contributed by atoms with Crippen molar-refractivity contribution >= 4 is 5.82 Å². The minimum absolute atomic E-state index is 0.441. The van der Waals surface area contributed by atoms with Gasteiger partial charge in [0.1, 0.15) is 12.1 Å². The number of likely N-dealkylation sites (tertiary alicyclic amines) is 1. The van der Waals surface area contributed by atoms with E-state index in [1.807, 2.05) is 17.8 Å². The van der Waals surface area contributed by atoms with Crippen molar-refractivity contribution in [3.05, 3.63) is 29.8 Å². The van der Waals surface area contributed by atoms with Gasteiger partial charge in [-0.3, -0.25) is 9.58 Å². The predicted octanol–water partition coefficient (Wildman–Crippen LogP) is 1.60. The lowest BCUT2D eigenvalue weighted by Gasteiger charge is -2.32. The molecule has 7 heteroatoms. The summed E-state index contributed by atoms with van der Waals surface area (Å²) in [5.41, 5.74) is 2.35. The molecule has 3 heterocycles. The monoisotopic (exact) mass is 316 g/mol. The molecule has 1 N–H and O–H groups in total. The minimum atomic E-state index is 0.441. The summed E-state index contributed by atoms with van der Waals surface area (Å²) in [7, 11) is 3.61. The number of rotatable bonds is 5. The van der Waals surface area contributed by atoms with Crippen molar-refractivity contribution in [1.82, 2.24) is 24.6 Å². The largest absolute Gasteiger partial charge is 0.481 e. The van der Waals surface area contributed by atoms with E-state index in [0.29, 0.717) is 11.9 Å². The topological polar surface area (TPSA) is 68.1 Å². The summed E-state index contributed by atoms with van der Waals surface area (Å²) in [6.07, 6.45) is 3.72. The predicted molar refractivity (Wildman–Crippen MR) is 88.5 cm³/mol. The van der Waals surface area contributed by atoms with Gasteiger partial charge >= 0.3 is 0 Å². The van der Waals surface area contributed by atoms with E-state index in [1.54, 1.807) is 7.11 Å². The average molecular weight is 316 g/mol. The Morgan fingerprint density at radius 2 is 2.04 bits per heavy atom. The number of ether oxygens (including phenoxy) is 1. The van der Waals surface area contributed by atoms with Gasteiger partial charge in [0.15, 0.2) is 0 Å². The first-order valence-corrected chi connectivity index (χ1v) is 7.98. The van der Waals surface area contributed by atoms with Gasteiger partial charge in [-0.05, 0) is 25.8 Å². The van der Waals surface area contributed by atoms with E-state index < -0.39 is 0 Å². The Bertz CT molecular complexity index is 628. The second-order valence-corrected chi connectivity index (χ2v) is 6.04. The SMILES string of the molecule is COc1cc(NC2CCN(Cc3cc(C)n(C)n3)CC2)ncn1. The second kappa shape index (κ2) is 6.95. The van der Waals surface area contributed by atoms with Gasteiger partial charge in [0.2, 0.25) is 5.88 Å². The van der Waals surface area contributed by atoms with Gasteiger partial charge in [0, 0.05) is 44.5 Å². The molecule has 124 valence electrons. The molecule has 7 nitrogen and oxygen atoms in total. The number of hydrogen-bond donors (Lipinski definition) is 1. The molecular weight excluding hydrogens is 292 g/mol. The number of nitrogens with zero attached hydrogens (tertiary/aromatic N) is 5. The number of methoxy groups -OCH3 is 1. The first-order valence-electron chi connectivity index (χ1n) is 7.98. The summed E-state index contributed by atoms with van der Waals surface area (Å²) >= 11 is 0. The van der Waals surface area contributed by atoms with E-state index in [-0.39, 0.29) is 0 Å². The van der Waals surface area contributed by atoms with Crippen molar-refractivity contribution in [2.45, 2.75) is 32.4 Å². The molecule has 0 saturated carbocycles. The van der Waals surface area contributed by atoms with E-state index in [0.717, 1.165) is 44.0 Å². The fourth-order valence-electron chi connectivity index (χ4n) is 2.92. The van der Waals surface area contributed by atoms with Gasteiger partial charge in [0.25, 0.3) is 0 Å². The third kappa shape index (κ3) is 3.98. The Hall–Kier alpha value is -2.15. The lowest BCUT2D eigenvalue weighted by molar-refractivity contribution is 0.208. The molecule has 1 aliphatic rings. The van der Waals surface area contributed by atoms with Crippen molar-refractivity contribution in [3.63, 3.8) is 0 Å². The van der Waals surface area contributed by atoms with Gasteiger partial charge in [-0.25, -0.2) is 9.97 Å². The van der Waals surface area contributed by atoms with Crippen LogP contribution in [0.1, 0.15) is 24.2 Å². The Kier molecular flexibility index (Phi) is 4.76. The van der Waals surface area contributed by atoms with Crippen LogP contribution in [-0.2, 0) is 13.6 Å². The molecule has 2 aromatic heterocycles. The molecule has 1 saturated heterocycles. The van der Waals surface area contributed by atoms with Crippen LogP contribution in [0.25, 0.3) is 0 Å². The molecule has 0 aromatic carbocycles. The summed E-state index contributed by atoms with van der Waals surface area (Å²) in [6, 6.07) is 4.44. The summed E-state index contributed by atoms with van der Waals surface area (Å²) in [5, 5.41) is 8.01. The quantitative estimate of drug-likeness (QED) is 0.904. The summed E-state index contributed by atoms with van der Waals surface area (Å²) in [4.78, 5) is 10.7. The molecule has 0 aliphatic carbocycles. The van der Waals surface area contributed by atoms with Gasteiger partial charge in [0.05, 0.1) is 12.8 Å². The fraction of sp³-hybridized carbons (Fsp3) is 0.562. The minimum Gasteiger partial charge on any atom is -0.481 e. The van der Waals surface area contributed by atoms with Gasteiger partial charge in [-0.1, -0.05) is 0 Å². The lowest BCUT2D eigenvalue weighted by atomic mass is 10.0. The highest BCUT2D eigenvalue weighted by Gasteiger charge is 2.20. The normalized spacial score (nSPS) is 16.5. The van der Waals surface area contributed by atoms with Gasteiger partial charge in [-0.2, -0.15) is 5.10 Å². The number of aryl methyl sites for hydroxylation is 2. The Morgan fingerprint density at radius 3 is 2.70 bits per heavy atom. The summed E-state index contributed by atoms with van der Waals surface area (Å²) < 4.78 is 7.07. The third-order valence-corrected chi connectivity index (χ3v) is 4.34. The fourth-order valence-corrected chi connectivity index (χ4v) is 2.92. The van der Waals surface area contributed by atoms with Crippen LogP contribution in [0.4, 0.5) is 5.82 Å². The van der Waals surface area contributed by atoms with Crippen LogP contribution in [0.2, 0.25) is 0 Å². The van der Waals surface area contributed by atoms with Crippen molar-refractivity contribution in [3.8, 4) is 5.88 Å². The van der Waals surface area contributed by atoms with Crippen LogP contribution >= 0.6 is 0 Å². The van der Waals surface area contributed by atoms with E-state index in [2.05, 4.69) is 38.3 Å². The lowest BCUT2D eigenvalue weighted by Crippen LogP contribution is -2.38. The zero-order valence-electron chi connectivity index (χ0n) is 14.0. The number of piperidine rings is 1. The molecule has 2 aromatic rings. The molecule has 0 radical (unpaired) electrons. The van der Waals surface area contributed by atoms with Crippen molar-refractivity contribution in [1.29, 1.82) is 0 Å². The maximum absolute atomic E-state index is 5.13. The average Bonchev–Trinajstić information content (AvgIpc) is 2.87. The smallest absolute Gasteiger partial charge is 0.218 e. The highest BCUT2D eigenvalue weighted by molar-refractivity contribution is 5.38. The highest BCUT2D eigenvalue weighted by Crippen LogP contribution is 2.18. The molecule has 0 amide bonds. The van der Waals surface area contributed by atoms with Crippen molar-refractivity contribution < 1.29 is 4.74 Å². The second-order valence-electron chi connectivity index (χ2n) is 6.04. The van der Waals surface area contributed by atoms with Crippen LogP contribution < -0.4 is 10.1 Å². The molecule has 0 unspecified atom stereocenters. The van der Waals surface area contributed by atoms with Crippen molar-refractivity contribution in [2.75, 3.05) is 25.5 Å². The van der Waals surface area contributed by atoms with Crippen LogP contribution in [-0.4, -0.2) is 50.9 Å². The van der Waals surface area contributed by atoms with E-state index in [9.17, 15) is 0 Å². The summed E-state index contributed by atoms with van der Waals surface area (Å²) in [5.74, 6) is 1.42. The molecule has 1 fully saturated rings. The molecule has 23 heavy (non-hydrogen) atoms. The summed E-state index contributed by atoms with van der Waals surface area (Å²) in [6.45, 7) is 5.14. The first-order chi connectivity index (χ1) is 11.1. The van der Waals surface area contributed by atoms with Crippen molar-refractivity contribution in [2.24, 2.45) is 7.05 Å². The maximum Gasteiger partial charge on any atom is 0.218 e. The molecule has 0 bridgehead atoms. The van der Waals surface area contributed by atoms with E-state index >= 15 is 0 Å². The zero-order valence-corrected chi connectivity index (χ0v) is 14.0. The number of anilines is 1. The first kappa shape index (κ1) is 15.7. The Morgan fingerprint density at radius 1 is 1.26 bits per heavy atom. The Labute approximate surface area is 136 Å². The standard InChI is InChI=1S/C16H24N6O/c1-12-8-14(20-21(12)2)10-22-6-4-13(5-7-22)19-15-9-16(23-3)18-11-17-15/h8-9,11,13H,4-7,10H2,1-3H3,(H,17,18,19). The number of aromatic nitrogens is 4. The van der Waals surface area contributed by atoms with E-state index in [1.165, 1.54) is 12.0 Å². The molecule has 3 rings (SSSR count). The zero-order chi connectivity index (χ0) is 16.2. The highest BCUT2D eigenvalue weighted by atomic mass is 16.5. The van der Waals surface area contributed by atoms with Crippen LogP contribution in [0.5, 0.6) is 5.88 Å². The number of nitrogens with one attached hydrogen (secondary N) is 1. The number of hydrogen-bond acceptors (Lipinski definition) is 6. The van der Waals surface area contributed by atoms with E-state index in [4.69, 9.17) is 4.74 Å². The van der Waals surface area contributed by atoms with Gasteiger partial charge < -0.3 is 10.1 Å². The van der Waals surface area contributed by atoms with Crippen LogP contribution in [0.3, 0.4) is 0 Å².